The van der Waals surface area contributed by atoms with E-state index in [1.165, 1.54) is 22.8 Å². The van der Waals surface area contributed by atoms with Gasteiger partial charge in [0.2, 0.25) is 0 Å². The van der Waals surface area contributed by atoms with E-state index in [-0.39, 0.29) is 23.7 Å². The molecule has 0 bridgehead atoms. The maximum Gasteiger partial charge on any atom is 0.263 e. The first kappa shape index (κ1) is 20.6. The van der Waals surface area contributed by atoms with E-state index in [1.807, 2.05) is 24.4 Å². The molecule has 0 aliphatic carbocycles. The molecule has 0 aliphatic heterocycles. The summed E-state index contributed by atoms with van der Waals surface area (Å²) >= 11 is 3.14. The summed E-state index contributed by atoms with van der Waals surface area (Å²) in [6.45, 7) is 5.50. The molecule has 3 aromatic heterocycles. The summed E-state index contributed by atoms with van der Waals surface area (Å²) in [5.74, 6) is -0.00649. The molecule has 0 amide bonds. The highest BCUT2D eigenvalue weighted by atomic mass is 32.1. The molecule has 0 N–H and O–H groups in total. The zero-order chi connectivity index (χ0) is 21.4. The van der Waals surface area contributed by atoms with E-state index < -0.39 is 0 Å². The monoisotopic (exact) mass is 440 g/mol. The van der Waals surface area contributed by atoms with Crippen LogP contribution in [0.1, 0.15) is 40.5 Å². The summed E-state index contributed by atoms with van der Waals surface area (Å²) in [6, 6.07) is 8.25. The van der Waals surface area contributed by atoms with Gasteiger partial charge < -0.3 is 0 Å². The standard InChI is InChI=1S/C23H21FN2O2S2/c1-4-17-20(18-7-6-10-29-18)21-22(30-17)25-19(5-2)26(23(21)28)12-16(27)14-8-9-15(24)13(3)11-14/h6-11H,4-5,12H2,1-3H3. The minimum atomic E-state index is -0.355. The van der Waals surface area contributed by atoms with Crippen molar-refractivity contribution in [2.75, 3.05) is 0 Å². The minimum Gasteiger partial charge on any atom is -0.292 e. The molecule has 0 fully saturated rings. The molecular formula is C23H21FN2O2S2. The molecule has 4 rings (SSSR count). The zero-order valence-electron chi connectivity index (χ0n) is 17.0. The van der Waals surface area contributed by atoms with Crippen LogP contribution < -0.4 is 5.56 Å². The lowest BCUT2D eigenvalue weighted by atomic mass is 10.1. The van der Waals surface area contributed by atoms with Gasteiger partial charge >= 0.3 is 0 Å². The van der Waals surface area contributed by atoms with Gasteiger partial charge in [-0.25, -0.2) is 9.37 Å². The van der Waals surface area contributed by atoms with Gasteiger partial charge in [0.1, 0.15) is 16.5 Å². The summed E-state index contributed by atoms with van der Waals surface area (Å²) in [4.78, 5) is 34.1. The van der Waals surface area contributed by atoms with Gasteiger partial charge in [-0.3, -0.25) is 14.2 Å². The lowest BCUT2D eigenvalue weighted by Crippen LogP contribution is -2.28. The van der Waals surface area contributed by atoms with Crippen molar-refractivity contribution in [3.05, 3.63) is 73.7 Å². The smallest absolute Gasteiger partial charge is 0.263 e. The third kappa shape index (κ3) is 3.52. The minimum absolute atomic E-state index is 0.114. The summed E-state index contributed by atoms with van der Waals surface area (Å²) in [7, 11) is 0. The summed E-state index contributed by atoms with van der Waals surface area (Å²) in [5, 5.41) is 2.57. The largest absolute Gasteiger partial charge is 0.292 e. The molecule has 4 nitrogen and oxygen atoms in total. The van der Waals surface area contributed by atoms with E-state index in [4.69, 9.17) is 4.98 Å². The fraction of sp³-hybridized carbons (Fsp3) is 0.261. The van der Waals surface area contributed by atoms with Crippen LogP contribution >= 0.6 is 22.7 Å². The van der Waals surface area contributed by atoms with E-state index in [2.05, 4.69) is 6.92 Å². The number of aryl methyl sites for hydroxylation is 3. The van der Waals surface area contributed by atoms with Gasteiger partial charge in [0.15, 0.2) is 5.78 Å². The highest BCUT2D eigenvalue weighted by Crippen LogP contribution is 2.38. The second kappa shape index (κ2) is 8.24. The Morgan fingerprint density at radius 3 is 2.63 bits per heavy atom. The van der Waals surface area contributed by atoms with Crippen molar-refractivity contribution < 1.29 is 9.18 Å². The quantitative estimate of drug-likeness (QED) is 0.365. The normalized spacial score (nSPS) is 11.3. The van der Waals surface area contributed by atoms with Gasteiger partial charge in [0, 0.05) is 27.3 Å². The number of thiophene rings is 2. The third-order valence-electron chi connectivity index (χ3n) is 5.15. The van der Waals surface area contributed by atoms with Gasteiger partial charge in [0.25, 0.3) is 5.56 Å². The van der Waals surface area contributed by atoms with Crippen LogP contribution in [-0.2, 0) is 19.4 Å². The van der Waals surface area contributed by atoms with E-state index in [0.717, 1.165) is 26.6 Å². The SMILES string of the molecule is CCc1sc2nc(CC)n(CC(=O)c3ccc(F)c(C)c3)c(=O)c2c1-c1cccs1. The highest BCUT2D eigenvalue weighted by Gasteiger charge is 2.22. The third-order valence-corrected chi connectivity index (χ3v) is 7.27. The average Bonchev–Trinajstić information content (AvgIpc) is 3.38. The number of aromatic nitrogens is 2. The Morgan fingerprint density at radius 1 is 1.20 bits per heavy atom. The lowest BCUT2D eigenvalue weighted by Gasteiger charge is -2.11. The number of hydrogen-bond donors (Lipinski definition) is 0. The van der Waals surface area contributed by atoms with Crippen LogP contribution in [0, 0.1) is 12.7 Å². The number of rotatable bonds is 6. The molecule has 0 saturated carbocycles. The fourth-order valence-corrected chi connectivity index (χ4v) is 5.59. The lowest BCUT2D eigenvalue weighted by molar-refractivity contribution is 0.0969. The van der Waals surface area contributed by atoms with Crippen molar-refractivity contribution in [1.82, 2.24) is 9.55 Å². The maximum absolute atomic E-state index is 13.6. The number of fused-ring (bicyclic) bond motifs is 1. The molecule has 4 aromatic rings. The number of nitrogens with zero attached hydrogens (tertiary/aromatic N) is 2. The molecule has 0 saturated heterocycles. The second-order valence-electron chi connectivity index (χ2n) is 7.07. The molecule has 7 heteroatoms. The number of halogens is 1. The summed E-state index contributed by atoms with van der Waals surface area (Å²) < 4.78 is 15.1. The molecule has 30 heavy (non-hydrogen) atoms. The van der Waals surface area contributed by atoms with E-state index in [1.54, 1.807) is 29.6 Å². The Morgan fingerprint density at radius 2 is 2.00 bits per heavy atom. The zero-order valence-corrected chi connectivity index (χ0v) is 18.6. The Hall–Kier alpha value is -2.64. The van der Waals surface area contributed by atoms with Gasteiger partial charge in [0.05, 0.1) is 11.9 Å². The van der Waals surface area contributed by atoms with E-state index in [9.17, 15) is 14.0 Å². The predicted molar refractivity (Wildman–Crippen MR) is 121 cm³/mol. The number of carbonyl (C=O) groups excluding carboxylic acids is 1. The molecule has 154 valence electrons. The van der Waals surface area contributed by atoms with Crippen molar-refractivity contribution in [2.45, 2.75) is 40.2 Å². The van der Waals surface area contributed by atoms with Crippen molar-refractivity contribution in [1.29, 1.82) is 0 Å². The van der Waals surface area contributed by atoms with Crippen LogP contribution in [0.3, 0.4) is 0 Å². The molecule has 0 aliphatic rings. The Labute approximate surface area is 181 Å². The van der Waals surface area contributed by atoms with Crippen LogP contribution in [0.2, 0.25) is 0 Å². The molecule has 0 spiro atoms. The predicted octanol–water partition coefficient (Wildman–Crippen LogP) is 5.64. The number of ketones is 1. The van der Waals surface area contributed by atoms with Gasteiger partial charge in [-0.05, 0) is 48.6 Å². The number of benzene rings is 1. The Balaban J connectivity index is 1.88. The molecular weight excluding hydrogens is 419 g/mol. The van der Waals surface area contributed by atoms with Crippen LogP contribution in [0.25, 0.3) is 20.7 Å². The molecule has 0 unspecified atom stereocenters. The van der Waals surface area contributed by atoms with Crippen LogP contribution in [0.5, 0.6) is 0 Å². The van der Waals surface area contributed by atoms with Crippen LogP contribution in [-0.4, -0.2) is 15.3 Å². The van der Waals surface area contributed by atoms with Gasteiger partial charge in [-0.2, -0.15) is 0 Å². The highest BCUT2D eigenvalue weighted by molar-refractivity contribution is 7.20. The van der Waals surface area contributed by atoms with Crippen molar-refractivity contribution in [2.24, 2.45) is 0 Å². The Bertz CT molecular complexity index is 1300. The fourth-order valence-electron chi connectivity index (χ4n) is 3.59. The summed E-state index contributed by atoms with van der Waals surface area (Å²) in [6.07, 6.45) is 1.34. The molecule has 1 aromatic carbocycles. The van der Waals surface area contributed by atoms with E-state index >= 15 is 0 Å². The van der Waals surface area contributed by atoms with E-state index in [0.29, 0.717) is 28.8 Å². The average molecular weight is 441 g/mol. The van der Waals surface area contributed by atoms with Crippen molar-refractivity contribution >= 4 is 38.7 Å². The Kier molecular flexibility index (Phi) is 5.66. The maximum atomic E-state index is 13.6. The molecule has 3 heterocycles. The van der Waals surface area contributed by atoms with Gasteiger partial charge in [-0.1, -0.05) is 19.9 Å². The van der Waals surface area contributed by atoms with Crippen LogP contribution in [0.4, 0.5) is 4.39 Å². The number of Topliss-reactive ketones (excluding diaryl/α,β-unsaturated/α-hetero) is 1. The second-order valence-corrected chi connectivity index (χ2v) is 9.10. The first-order chi connectivity index (χ1) is 14.4. The first-order valence-corrected chi connectivity index (χ1v) is 11.5. The van der Waals surface area contributed by atoms with Crippen molar-refractivity contribution in [3.8, 4) is 10.4 Å². The molecule has 0 radical (unpaired) electrons. The van der Waals surface area contributed by atoms with Crippen LogP contribution in [0.15, 0.2) is 40.5 Å². The summed E-state index contributed by atoms with van der Waals surface area (Å²) in [5.41, 5.74) is 1.54. The number of carbonyl (C=O) groups is 1. The van der Waals surface area contributed by atoms with Gasteiger partial charge in [-0.15, -0.1) is 22.7 Å². The molecule has 0 atom stereocenters. The number of hydrogen-bond acceptors (Lipinski definition) is 5. The van der Waals surface area contributed by atoms with Crippen molar-refractivity contribution in [3.63, 3.8) is 0 Å². The topological polar surface area (TPSA) is 52.0 Å². The first-order valence-electron chi connectivity index (χ1n) is 9.82.